The molecule has 2 aromatic rings. The first kappa shape index (κ1) is 14.2. The fourth-order valence-electron chi connectivity index (χ4n) is 3.46. The van der Waals surface area contributed by atoms with Crippen molar-refractivity contribution in [3.63, 3.8) is 0 Å². The average molecular weight is 283 g/mol. The molecule has 1 aromatic heterocycles. The second-order valence-electron chi connectivity index (χ2n) is 7.08. The minimum Gasteiger partial charge on any atom is -0.397 e. The lowest BCUT2D eigenvalue weighted by Crippen LogP contribution is -2.37. The third-order valence-electron chi connectivity index (χ3n) is 5.02. The van der Waals surface area contributed by atoms with E-state index < -0.39 is 0 Å². The van der Waals surface area contributed by atoms with E-state index in [0.29, 0.717) is 11.5 Å². The van der Waals surface area contributed by atoms with Gasteiger partial charge in [-0.05, 0) is 43.2 Å². The first-order valence-corrected chi connectivity index (χ1v) is 7.84. The molecule has 2 N–H and O–H groups in total. The summed E-state index contributed by atoms with van der Waals surface area (Å²) in [4.78, 5) is 6.87. The number of benzene rings is 1. The first-order chi connectivity index (χ1) is 9.98. The highest BCUT2D eigenvalue weighted by molar-refractivity contribution is 5.98. The number of hydrogen-bond acceptors (Lipinski definition) is 3. The third kappa shape index (κ3) is 2.69. The van der Waals surface area contributed by atoms with Gasteiger partial charge in [-0.2, -0.15) is 0 Å². The second kappa shape index (κ2) is 5.21. The van der Waals surface area contributed by atoms with E-state index in [4.69, 9.17) is 5.73 Å². The lowest BCUT2D eigenvalue weighted by molar-refractivity contribution is 0.223. The Morgan fingerprint density at radius 3 is 2.62 bits per heavy atom. The van der Waals surface area contributed by atoms with Crippen LogP contribution in [0, 0.1) is 5.41 Å². The van der Waals surface area contributed by atoms with Crippen LogP contribution in [-0.2, 0) is 0 Å². The summed E-state index contributed by atoms with van der Waals surface area (Å²) in [7, 11) is 2.21. The van der Waals surface area contributed by atoms with Crippen LogP contribution in [0.25, 0.3) is 10.9 Å². The summed E-state index contributed by atoms with van der Waals surface area (Å²) in [6.07, 6.45) is 6.99. The van der Waals surface area contributed by atoms with Crippen LogP contribution in [0.4, 0.5) is 11.4 Å². The fraction of sp³-hybridized carbons (Fsp3) is 0.500. The van der Waals surface area contributed by atoms with Gasteiger partial charge in [0.15, 0.2) is 0 Å². The van der Waals surface area contributed by atoms with Gasteiger partial charge >= 0.3 is 0 Å². The zero-order chi connectivity index (χ0) is 15.0. The molecule has 1 aliphatic rings. The van der Waals surface area contributed by atoms with Crippen LogP contribution >= 0.6 is 0 Å². The van der Waals surface area contributed by atoms with E-state index in [1.165, 1.54) is 31.4 Å². The Bertz CT molecular complexity index is 638. The minimum absolute atomic E-state index is 0.502. The number of anilines is 2. The minimum atomic E-state index is 0.502. The van der Waals surface area contributed by atoms with Gasteiger partial charge in [0.05, 0.1) is 11.2 Å². The summed E-state index contributed by atoms with van der Waals surface area (Å²) in [5, 5.41) is 1.16. The zero-order valence-corrected chi connectivity index (χ0v) is 13.3. The summed E-state index contributed by atoms with van der Waals surface area (Å²) in [6, 6.07) is 8.78. The molecule has 3 heteroatoms. The number of hydrogen-bond donors (Lipinski definition) is 1. The van der Waals surface area contributed by atoms with Gasteiger partial charge in [0.2, 0.25) is 0 Å². The Morgan fingerprint density at radius 1 is 1.19 bits per heavy atom. The van der Waals surface area contributed by atoms with Gasteiger partial charge in [0.1, 0.15) is 0 Å². The van der Waals surface area contributed by atoms with Gasteiger partial charge in [0.25, 0.3) is 0 Å². The van der Waals surface area contributed by atoms with Gasteiger partial charge in [-0.1, -0.05) is 26.0 Å². The Labute approximate surface area is 127 Å². The van der Waals surface area contributed by atoms with Crippen LogP contribution in [0.2, 0.25) is 0 Å². The van der Waals surface area contributed by atoms with E-state index in [1.54, 1.807) is 0 Å². The number of rotatable bonds is 2. The van der Waals surface area contributed by atoms with Gasteiger partial charge in [-0.25, -0.2) is 0 Å². The Morgan fingerprint density at radius 2 is 1.90 bits per heavy atom. The molecule has 0 aliphatic heterocycles. The molecule has 1 fully saturated rings. The first-order valence-electron chi connectivity index (χ1n) is 7.84. The van der Waals surface area contributed by atoms with Gasteiger partial charge in [0, 0.05) is 30.4 Å². The predicted molar refractivity (Wildman–Crippen MR) is 90.6 cm³/mol. The SMILES string of the molecule is CN(c1ccnc2c(N)cccc12)C1CCC(C)(C)CC1. The maximum atomic E-state index is 6.06. The number of nitrogens with zero attached hydrogens (tertiary/aromatic N) is 2. The summed E-state index contributed by atoms with van der Waals surface area (Å²) in [6.45, 7) is 4.76. The topological polar surface area (TPSA) is 42.2 Å². The van der Waals surface area contributed by atoms with Crippen molar-refractivity contribution in [1.82, 2.24) is 4.98 Å². The average Bonchev–Trinajstić information content (AvgIpc) is 2.46. The zero-order valence-electron chi connectivity index (χ0n) is 13.3. The molecule has 0 bridgehead atoms. The normalized spacial score (nSPS) is 18.8. The summed E-state index contributed by atoms with van der Waals surface area (Å²) in [5.74, 6) is 0. The van der Waals surface area contributed by atoms with Crippen molar-refractivity contribution < 1.29 is 0 Å². The highest BCUT2D eigenvalue weighted by Crippen LogP contribution is 2.39. The maximum absolute atomic E-state index is 6.06. The van der Waals surface area contributed by atoms with Gasteiger partial charge in [-0.15, -0.1) is 0 Å². The smallest absolute Gasteiger partial charge is 0.0951 e. The number of aromatic nitrogens is 1. The summed E-state index contributed by atoms with van der Waals surface area (Å²) >= 11 is 0. The van der Waals surface area contributed by atoms with Crippen molar-refractivity contribution in [1.29, 1.82) is 0 Å². The van der Waals surface area contributed by atoms with Crippen LogP contribution in [0.5, 0.6) is 0 Å². The Hall–Kier alpha value is -1.77. The molecule has 0 unspecified atom stereocenters. The molecule has 1 aliphatic carbocycles. The van der Waals surface area contributed by atoms with Crippen molar-refractivity contribution in [2.24, 2.45) is 5.41 Å². The van der Waals surface area contributed by atoms with Crippen LogP contribution in [0.15, 0.2) is 30.5 Å². The number of fused-ring (bicyclic) bond motifs is 1. The van der Waals surface area contributed by atoms with Crippen molar-refractivity contribution in [3.8, 4) is 0 Å². The van der Waals surface area contributed by atoms with Crippen molar-refractivity contribution in [2.75, 3.05) is 17.7 Å². The van der Waals surface area contributed by atoms with Crippen LogP contribution in [0.1, 0.15) is 39.5 Å². The largest absolute Gasteiger partial charge is 0.397 e. The number of para-hydroxylation sites is 1. The molecular formula is C18H25N3. The van der Waals surface area contributed by atoms with Crippen molar-refractivity contribution >= 4 is 22.3 Å². The van der Waals surface area contributed by atoms with E-state index in [1.807, 2.05) is 18.3 Å². The molecule has 21 heavy (non-hydrogen) atoms. The van der Waals surface area contributed by atoms with E-state index in [0.717, 1.165) is 16.6 Å². The molecule has 1 heterocycles. The highest BCUT2D eigenvalue weighted by Gasteiger charge is 2.29. The molecule has 3 rings (SSSR count). The maximum Gasteiger partial charge on any atom is 0.0951 e. The standard InChI is InChI=1S/C18H25N3/c1-18(2)10-7-13(8-11-18)21(3)16-9-12-20-17-14(16)5-4-6-15(17)19/h4-6,9,12-13H,7-8,10-11,19H2,1-3H3. The molecular weight excluding hydrogens is 258 g/mol. The van der Waals surface area contributed by atoms with Crippen LogP contribution in [-0.4, -0.2) is 18.1 Å². The molecule has 0 amide bonds. The van der Waals surface area contributed by atoms with E-state index in [2.05, 4.69) is 42.9 Å². The van der Waals surface area contributed by atoms with E-state index in [-0.39, 0.29) is 0 Å². The van der Waals surface area contributed by atoms with Crippen LogP contribution < -0.4 is 10.6 Å². The van der Waals surface area contributed by atoms with E-state index >= 15 is 0 Å². The lowest BCUT2D eigenvalue weighted by atomic mass is 9.75. The third-order valence-corrected chi connectivity index (χ3v) is 5.02. The van der Waals surface area contributed by atoms with Crippen LogP contribution in [0.3, 0.4) is 0 Å². The van der Waals surface area contributed by atoms with Gasteiger partial charge in [-0.3, -0.25) is 4.98 Å². The Kier molecular flexibility index (Phi) is 3.52. The number of nitrogens with two attached hydrogens (primary N) is 1. The molecule has 1 aromatic carbocycles. The molecule has 0 spiro atoms. The summed E-state index contributed by atoms with van der Waals surface area (Å²) < 4.78 is 0. The monoisotopic (exact) mass is 283 g/mol. The molecule has 112 valence electrons. The lowest BCUT2D eigenvalue weighted by Gasteiger charge is -2.39. The molecule has 1 saturated carbocycles. The number of pyridine rings is 1. The quantitative estimate of drug-likeness (QED) is 0.839. The Balaban J connectivity index is 1.92. The van der Waals surface area contributed by atoms with Gasteiger partial charge < -0.3 is 10.6 Å². The highest BCUT2D eigenvalue weighted by atomic mass is 15.1. The molecule has 0 atom stereocenters. The predicted octanol–water partition coefficient (Wildman–Crippen LogP) is 4.22. The van der Waals surface area contributed by atoms with Crippen molar-refractivity contribution in [3.05, 3.63) is 30.5 Å². The molecule has 3 nitrogen and oxygen atoms in total. The summed E-state index contributed by atoms with van der Waals surface area (Å²) in [5.41, 5.74) is 9.48. The number of nitrogen functional groups attached to an aromatic ring is 1. The second-order valence-corrected chi connectivity index (χ2v) is 7.08. The molecule has 0 radical (unpaired) electrons. The fourth-order valence-corrected chi connectivity index (χ4v) is 3.46. The molecule has 0 saturated heterocycles. The van der Waals surface area contributed by atoms with Crippen molar-refractivity contribution in [2.45, 2.75) is 45.6 Å². The van der Waals surface area contributed by atoms with E-state index in [9.17, 15) is 0 Å².